The van der Waals surface area contributed by atoms with Crippen molar-refractivity contribution in [2.24, 2.45) is 11.8 Å². The van der Waals surface area contributed by atoms with Crippen molar-refractivity contribution in [2.75, 3.05) is 13.7 Å². The summed E-state index contributed by atoms with van der Waals surface area (Å²) >= 11 is 0. The maximum Gasteiger partial charge on any atom is 0.134 e. The maximum absolute atomic E-state index is 14.2. The first-order valence-electron chi connectivity index (χ1n) is 6.84. The third-order valence-electron chi connectivity index (χ3n) is 3.91. The van der Waals surface area contributed by atoms with Gasteiger partial charge in [0.25, 0.3) is 0 Å². The maximum atomic E-state index is 14.2. The number of nitrogens with one attached hydrogen (secondary N) is 1. The molecule has 0 spiro atoms. The van der Waals surface area contributed by atoms with Crippen LogP contribution in [-0.2, 0) is 0 Å². The summed E-state index contributed by atoms with van der Waals surface area (Å²) in [6.07, 6.45) is 2.31. The molecule has 1 aliphatic carbocycles. The van der Waals surface area contributed by atoms with Crippen LogP contribution in [0.15, 0.2) is 12.1 Å². The van der Waals surface area contributed by atoms with E-state index in [0.717, 1.165) is 12.8 Å². The predicted molar refractivity (Wildman–Crippen MR) is 71.2 cm³/mol. The van der Waals surface area contributed by atoms with Crippen molar-refractivity contribution in [2.45, 2.75) is 32.7 Å². The van der Waals surface area contributed by atoms with Gasteiger partial charge in [-0.05, 0) is 31.2 Å². The number of hydrogen-bond donors (Lipinski definition) is 1. The van der Waals surface area contributed by atoms with Gasteiger partial charge in [-0.15, -0.1) is 0 Å². The average molecular weight is 269 g/mol. The molecule has 106 valence electrons. The molecule has 19 heavy (non-hydrogen) atoms. The van der Waals surface area contributed by atoms with Crippen LogP contribution in [0.4, 0.5) is 8.78 Å². The second-order valence-electron chi connectivity index (χ2n) is 5.24. The summed E-state index contributed by atoms with van der Waals surface area (Å²) in [4.78, 5) is 0. The van der Waals surface area contributed by atoms with E-state index in [2.05, 4.69) is 12.2 Å². The Bertz CT molecular complexity index is 423. The molecule has 0 radical (unpaired) electrons. The van der Waals surface area contributed by atoms with E-state index in [1.54, 1.807) is 0 Å². The van der Waals surface area contributed by atoms with E-state index in [0.29, 0.717) is 12.5 Å². The minimum absolute atomic E-state index is 0.141. The summed E-state index contributed by atoms with van der Waals surface area (Å²) in [5.74, 6) is -0.0408. The molecule has 2 atom stereocenters. The highest BCUT2D eigenvalue weighted by Gasteiger charge is 2.36. The highest BCUT2D eigenvalue weighted by Crippen LogP contribution is 2.43. The number of benzene rings is 1. The van der Waals surface area contributed by atoms with Gasteiger partial charge in [0.15, 0.2) is 0 Å². The van der Waals surface area contributed by atoms with E-state index in [1.165, 1.54) is 19.2 Å². The summed E-state index contributed by atoms with van der Waals surface area (Å²) in [5.41, 5.74) is 0.141. The van der Waals surface area contributed by atoms with Gasteiger partial charge in [0.2, 0.25) is 0 Å². The second-order valence-corrected chi connectivity index (χ2v) is 5.24. The molecule has 0 heterocycles. The smallest absolute Gasteiger partial charge is 0.134 e. The van der Waals surface area contributed by atoms with Crippen molar-refractivity contribution in [1.29, 1.82) is 0 Å². The summed E-state index contributed by atoms with van der Waals surface area (Å²) in [7, 11) is 1.41. The number of hydrogen-bond acceptors (Lipinski definition) is 2. The molecule has 1 aromatic rings. The van der Waals surface area contributed by atoms with Gasteiger partial charge < -0.3 is 10.1 Å². The molecule has 1 aliphatic rings. The lowest BCUT2D eigenvalue weighted by Gasteiger charge is -2.26. The zero-order chi connectivity index (χ0) is 14.0. The van der Waals surface area contributed by atoms with Crippen molar-refractivity contribution in [3.05, 3.63) is 29.3 Å². The van der Waals surface area contributed by atoms with E-state index in [4.69, 9.17) is 4.74 Å². The van der Waals surface area contributed by atoms with Crippen LogP contribution in [-0.4, -0.2) is 13.7 Å². The molecule has 1 aromatic carbocycles. The SMILES string of the molecule is CCNC(c1c(F)cc(OC)cc1F)C(C)C1CC1. The molecule has 1 saturated carbocycles. The molecule has 0 aliphatic heterocycles. The lowest BCUT2D eigenvalue weighted by Crippen LogP contribution is -2.29. The van der Waals surface area contributed by atoms with E-state index in [1.807, 2.05) is 6.92 Å². The molecule has 2 rings (SSSR count). The molecule has 4 heteroatoms. The summed E-state index contributed by atoms with van der Waals surface area (Å²) in [5, 5.41) is 3.22. The third kappa shape index (κ3) is 3.06. The number of rotatable bonds is 6. The standard InChI is InChI=1S/C15H21F2NO/c1-4-18-15(9(2)10-5-6-10)14-12(16)7-11(19-3)8-13(14)17/h7-10,15,18H,4-6H2,1-3H3. The molecule has 1 N–H and O–H groups in total. The van der Waals surface area contributed by atoms with Gasteiger partial charge in [-0.1, -0.05) is 13.8 Å². The van der Waals surface area contributed by atoms with Crippen LogP contribution in [0.1, 0.15) is 38.3 Å². The van der Waals surface area contributed by atoms with Crippen LogP contribution >= 0.6 is 0 Å². The summed E-state index contributed by atoms with van der Waals surface area (Å²) in [6, 6.07) is 2.23. The highest BCUT2D eigenvalue weighted by atomic mass is 19.1. The van der Waals surface area contributed by atoms with E-state index < -0.39 is 11.6 Å². The number of halogens is 2. The van der Waals surface area contributed by atoms with Crippen molar-refractivity contribution in [1.82, 2.24) is 5.32 Å². The van der Waals surface area contributed by atoms with Crippen LogP contribution in [0, 0.1) is 23.5 Å². The van der Waals surface area contributed by atoms with Gasteiger partial charge in [-0.2, -0.15) is 0 Å². The van der Waals surface area contributed by atoms with Gasteiger partial charge in [0.1, 0.15) is 17.4 Å². The lowest BCUT2D eigenvalue weighted by molar-refractivity contribution is 0.331. The van der Waals surface area contributed by atoms with Crippen molar-refractivity contribution in [3.63, 3.8) is 0 Å². The van der Waals surface area contributed by atoms with Crippen molar-refractivity contribution in [3.8, 4) is 5.75 Å². The minimum Gasteiger partial charge on any atom is -0.497 e. The van der Waals surface area contributed by atoms with Crippen LogP contribution < -0.4 is 10.1 Å². The molecule has 0 amide bonds. The Morgan fingerprint density at radius 1 is 1.32 bits per heavy atom. The zero-order valence-electron chi connectivity index (χ0n) is 11.7. The third-order valence-corrected chi connectivity index (χ3v) is 3.91. The lowest BCUT2D eigenvalue weighted by atomic mass is 9.89. The Morgan fingerprint density at radius 3 is 2.32 bits per heavy atom. The van der Waals surface area contributed by atoms with Gasteiger partial charge in [0, 0.05) is 23.7 Å². The Labute approximate surface area is 113 Å². The van der Waals surface area contributed by atoms with Gasteiger partial charge in [-0.3, -0.25) is 0 Å². The molecular formula is C15H21F2NO. The average Bonchev–Trinajstić information content (AvgIpc) is 3.20. The Balaban J connectivity index is 2.35. The Hall–Kier alpha value is -1.16. The first-order valence-corrected chi connectivity index (χ1v) is 6.84. The highest BCUT2D eigenvalue weighted by molar-refractivity contribution is 5.33. The van der Waals surface area contributed by atoms with Crippen molar-refractivity contribution < 1.29 is 13.5 Å². The fourth-order valence-corrected chi connectivity index (χ4v) is 2.64. The fourth-order valence-electron chi connectivity index (χ4n) is 2.64. The van der Waals surface area contributed by atoms with E-state index >= 15 is 0 Å². The molecule has 2 unspecified atom stereocenters. The minimum atomic E-state index is -0.532. The summed E-state index contributed by atoms with van der Waals surface area (Å²) < 4.78 is 33.2. The van der Waals surface area contributed by atoms with Crippen LogP contribution in [0.5, 0.6) is 5.75 Å². The Morgan fingerprint density at radius 2 is 1.89 bits per heavy atom. The zero-order valence-corrected chi connectivity index (χ0v) is 11.7. The predicted octanol–water partition coefficient (Wildman–Crippen LogP) is 3.67. The van der Waals surface area contributed by atoms with Crippen LogP contribution in [0.2, 0.25) is 0 Å². The molecule has 0 saturated heterocycles. The quantitative estimate of drug-likeness (QED) is 0.850. The fraction of sp³-hybridized carbons (Fsp3) is 0.600. The van der Waals surface area contributed by atoms with Crippen molar-refractivity contribution >= 4 is 0 Å². The van der Waals surface area contributed by atoms with Crippen LogP contribution in [0.3, 0.4) is 0 Å². The molecule has 0 aromatic heterocycles. The Kier molecular flexibility index (Phi) is 4.40. The largest absolute Gasteiger partial charge is 0.497 e. The van der Waals surface area contributed by atoms with E-state index in [9.17, 15) is 8.78 Å². The molecule has 2 nitrogen and oxygen atoms in total. The number of methoxy groups -OCH3 is 1. The van der Waals surface area contributed by atoms with Gasteiger partial charge in [-0.25, -0.2) is 8.78 Å². The topological polar surface area (TPSA) is 21.3 Å². The first-order chi connectivity index (χ1) is 9.08. The normalized spacial score (nSPS) is 18.2. The summed E-state index contributed by atoms with van der Waals surface area (Å²) in [6.45, 7) is 4.70. The number of ether oxygens (including phenoxy) is 1. The monoisotopic (exact) mass is 269 g/mol. The van der Waals surface area contributed by atoms with Crippen LogP contribution in [0.25, 0.3) is 0 Å². The molecule has 1 fully saturated rings. The molecular weight excluding hydrogens is 248 g/mol. The second kappa shape index (κ2) is 5.87. The van der Waals surface area contributed by atoms with Gasteiger partial charge in [0.05, 0.1) is 7.11 Å². The van der Waals surface area contributed by atoms with Gasteiger partial charge >= 0.3 is 0 Å². The van der Waals surface area contributed by atoms with E-state index in [-0.39, 0.29) is 23.3 Å². The molecule has 0 bridgehead atoms. The first kappa shape index (κ1) is 14.3.